The molecule has 0 saturated heterocycles. The molecule has 0 radical (unpaired) electrons. The van der Waals surface area contributed by atoms with Crippen molar-refractivity contribution in [2.75, 3.05) is 0 Å². The predicted molar refractivity (Wildman–Crippen MR) is 54.8 cm³/mol. The van der Waals surface area contributed by atoms with Crippen LogP contribution in [0.25, 0.3) is 0 Å². The van der Waals surface area contributed by atoms with Crippen LogP contribution in [0.1, 0.15) is 24.2 Å². The molecule has 76 valence electrons. The van der Waals surface area contributed by atoms with Gasteiger partial charge in [0.15, 0.2) is 0 Å². The van der Waals surface area contributed by atoms with Crippen molar-refractivity contribution >= 4 is 5.91 Å². The maximum Gasteiger partial charge on any atom is 0.253 e. The van der Waals surface area contributed by atoms with Crippen LogP contribution in [0, 0.1) is 0 Å². The predicted octanol–water partition coefficient (Wildman–Crippen LogP) is 0.547. The van der Waals surface area contributed by atoms with Gasteiger partial charge in [0.25, 0.3) is 5.91 Å². The summed E-state index contributed by atoms with van der Waals surface area (Å²) in [4.78, 5) is 15.4. The molecule has 0 bridgehead atoms. The van der Waals surface area contributed by atoms with Crippen molar-refractivity contribution in [3.05, 3.63) is 30.1 Å². The van der Waals surface area contributed by atoms with E-state index in [0.29, 0.717) is 5.56 Å². The maximum absolute atomic E-state index is 11.6. The smallest absolute Gasteiger partial charge is 0.253 e. The van der Waals surface area contributed by atoms with E-state index in [0.717, 1.165) is 0 Å². The van der Waals surface area contributed by atoms with Gasteiger partial charge in [-0.2, -0.15) is 0 Å². The van der Waals surface area contributed by atoms with Gasteiger partial charge in [0, 0.05) is 24.5 Å². The van der Waals surface area contributed by atoms with E-state index in [9.17, 15) is 4.79 Å². The van der Waals surface area contributed by atoms with E-state index in [1.807, 2.05) is 13.8 Å². The Morgan fingerprint density at radius 3 is 2.79 bits per heavy atom. The highest BCUT2D eigenvalue weighted by Crippen LogP contribution is 1.97. The summed E-state index contributed by atoms with van der Waals surface area (Å²) in [6, 6.07) is 3.35. The molecule has 0 aliphatic rings. The van der Waals surface area contributed by atoms with Crippen molar-refractivity contribution in [1.29, 1.82) is 0 Å². The number of rotatable bonds is 3. The molecular weight excluding hydrogens is 178 g/mol. The van der Waals surface area contributed by atoms with E-state index >= 15 is 0 Å². The number of nitrogens with one attached hydrogen (secondary N) is 1. The van der Waals surface area contributed by atoms with Crippen molar-refractivity contribution < 1.29 is 4.79 Å². The van der Waals surface area contributed by atoms with Crippen molar-refractivity contribution in [3.63, 3.8) is 0 Å². The second-order valence-electron chi connectivity index (χ2n) is 3.36. The number of nitrogens with two attached hydrogens (primary N) is 1. The lowest BCUT2D eigenvalue weighted by Gasteiger charge is -2.17. The molecule has 1 rings (SSSR count). The van der Waals surface area contributed by atoms with E-state index < -0.39 is 0 Å². The Labute approximate surface area is 83.5 Å². The molecule has 2 unspecified atom stereocenters. The van der Waals surface area contributed by atoms with Crippen molar-refractivity contribution in [3.8, 4) is 0 Å². The minimum absolute atomic E-state index is 0.0392. The Morgan fingerprint density at radius 1 is 1.57 bits per heavy atom. The Morgan fingerprint density at radius 2 is 2.29 bits per heavy atom. The third kappa shape index (κ3) is 2.81. The van der Waals surface area contributed by atoms with E-state index in [-0.39, 0.29) is 18.0 Å². The topological polar surface area (TPSA) is 68.0 Å². The fraction of sp³-hybridized carbons (Fsp3) is 0.400. The third-order valence-corrected chi connectivity index (χ3v) is 2.07. The van der Waals surface area contributed by atoms with Gasteiger partial charge in [-0.25, -0.2) is 0 Å². The van der Waals surface area contributed by atoms with Crippen LogP contribution in [0.5, 0.6) is 0 Å². The van der Waals surface area contributed by atoms with Gasteiger partial charge in [-0.3, -0.25) is 9.78 Å². The normalized spacial score (nSPS) is 14.5. The van der Waals surface area contributed by atoms with Crippen LogP contribution in [0.4, 0.5) is 0 Å². The molecule has 4 nitrogen and oxygen atoms in total. The minimum atomic E-state index is -0.136. The average Bonchev–Trinajstić information content (AvgIpc) is 2.19. The van der Waals surface area contributed by atoms with Crippen LogP contribution in [0.3, 0.4) is 0 Å². The van der Waals surface area contributed by atoms with Crippen molar-refractivity contribution in [2.45, 2.75) is 25.9 Å². The Kier molecular flexibility index (Phi) is 3.59. The molecule has 1 aromatic rings. The zero-order valence-corrected chi connectivity index (χ0v) is 8.40. The van der Waals surface area contributed by atoms with Crippen LogP contribution in [0.2, 0.25) is 0 Å². The molecule has 2 atom stereocenters. The lowest BCUT2D eigenvalue weighted by Crippen LogP contribution is -2.43. The highest BCUT2D eigenvalue weighted by atomic mass is 16.1. The van der Waals surface area contributed by atoms with Gasteiger partial charge < -0.3 is 11.1 Å². The summed E-state index contributed by atoms with van der Waals surface area (Å²) >= 11 is 0. The first-order chi connectivity index (χ1) is 6.61. The van der Waals surface area contributed by atoms with Crippen LogP contribution < -0.4 is 11.1 Å². The van der Waals surface area contributed by atoms with Crippen LogP contribution in [-0.4, -0.2) is 23.0 Å². The van der Waals surface area contributed by atoms with Gasteiger partial charge in [0.2, 0.25) is 0 Å². The number of hydrogen-bond acceptors (Lipinski definition) is 3. The highest BCUT2D eigenvalue weighted by Gasteiger charge is 2.12. The lowest BCUT2D eigenvalue weighted by molar-refractivity contribution is 0.0935. The van der Waals surface area contributed by atoms with Crippen LogP contribution in [0.15, 0.2) is 24.5 Å². The monoisotopic (exact) mass is 193 g/mol. The zero-order valence-electron chi connectivity index (χ0n) is 8.40. The Balaban J connectivity index is 2.60. The van der Waals surface area contributed by atoms with Gasteiger partial charge in [-0.15, -0.1) is 0 Å². The Bertz CT molecular complexity index is 297. The SMILES string of the molecule is CC(N)C(C)NC(=O)c1cccnc1. The largest absolute Gasteiger partial charge is 0.348 e. The summed E-state index contributed by atoms with van der Waals surface area (Å²) in [6.45, 7) is 3.73. The molecule has 1 amide bonds. The first-order valence-electron chi connectivity index (χ1n) is 4.57. The third-order valence-electron chi connectivity index (χ3n) is 2.07. The quantitative estimate of drug-likeness (QED) is 0.736. The summed E-state index contributed by atoms with van der Waals surface area (Å²) in [5, 5.41) is 2.79. The highest BCUT2D eigenvalue weighted by molar-refractivity contribution is 5.94. The van der Waals surface area contributed by atoms with E-state index in [2.05, 4.69) is 10.3 Å². The molecule has 0 aliphatic heterocycles. The summed E-state index contributed by atoms with van der Waals surface area (Å²) in [7, 11) is 0. The van der Waals surface area contributed by atoms with Gasteiger partial charge in [0.1, 0.15) is 0 Å². The molecule has 0 fully saturated rings. The number of amides is 1. The number of carbonyl (C=O) groups excluding carboxylic acids is 1. The first kappa shape index (κ1) is 10.7. The molecule has 4 heteroatoms. The summed E-state index contributed by atoms with van der Waals surface area (Å²) < 4.78 is 0. The lowest BCUT2D eigenvalue weighted by atomic mass is 10.1. The van der Waals surface area contributed by atoms with Crippen LogP contribution in [-0.2, 0) is 0 Å². The van der Waals surface area contributed by atoms with Gasteiger partial charge >= 0.3 is 0 Å². The second-order valence-corrected chi connectivity index (χ2v) is 3.36. The standard InChI is InChI=1S/C10H15N3O/c1-7(11)8(2)13-10(14)9-4-3-5-12-6-9/h3-8H,11H2,1-2H3,(H,13,14). The van der Waals surface area contributed by atoms with Gasteiger partial charge in [0.05, 0.1) is 5.56 Å². The van der Waals surface area contributed by atoms with Crippen molar-refractivity contribution in [2.24, 2.45) is 5.73 Å². The number of nitrogens with zero attached hydrogens (tertiary/aromatic N) is 1. The summed E-state index contributed by atoms with van der Waals surface area (Å²) in [5.41, 5.74) is 6.19. The molecule has 1 aromatic heterocycles. The molecule has 14 heavy (non-hydrogen) atoms. The molecule has 0 aromatic carbocycles. The number of aromatic nitrogens is 1. The van der Waals surface area contributed by atoms with Crippen LogP contribution >= 0.6 is 0 Å². The molecule has 0 aliphatic carbocycles. The molecule has 0 saturated carbocycles. The molecule has 0 spiro atoms. The Hall–Kier alpha value is -1.42. The van der Waals surface area contributed by atoms with Gasteiger partial charge in [-0.05, 0) is 26.0 Å². The van der Waals surface area contributed by atoms with E-state index in [1.165, 1.54) is 6.20 Å². The molecular formula is C10H15N3O. The zero-order chi connectivity index (χ0) is 10.6. The van der Waals surface area contributed by atoms with E-state index in [4.69, 9.17) is 5.73 Å². The number of pyridine rings is 1. The average molecular weight is 193 g/mol. The summed E-state index contributed by atoms with van der Waals surface area (Å²) in [6.07, 6.45) is 3.16. The van der Waals surface area contributed by atoms with Gasteiger partial charge in [-0.1, -0.05) is 0 Å². The van der Waals surface area contributed by atoms with Crippen molar-refractivity contribution in [1.82, 2.24) is 10.3 Å². The fourth-order valence-electron chi connectivity index (χ4n) is 0.919. The molecule has 1 heterocycles. The first-order valence-corrected chi connectivity index (χ1v) is 4.57. The molecule has 3 N–H and O–H groups in total. The number of hydrogen-bond donors (Lipinski definition) is 2. The minimum Gasteiger partial charge on any atom is -0.348 e. The number of carbonyl (C=O) groups is 1. The second kappa shape index (κ2) is 4.72. The van der Waals surface area contributed by atoms with E-state index in [1.54, 1.807) is 18.3 Å². The fourth-order valence-corrected chi connectivity index (χ4v) is 0.919. The maximum atomic E-state index is 11.6. The summed E-state index contributed by atoms with van der Waals surface area (Å²) in [5.74, 6) is -0.136.